The standard InChI is InChI=1S/C20H19N5O/c1-26-17-8-2-14(3-9-17)12-22-19-10-11-20-23-13-18(25(20)24-19)15-4-6-16(21)7-5-15/h2-11,13H,12,21H2,1H3,(H,22,24). The van der Waals surface area contributed by atoms with Crippen molar-refractivity contribution in [3.8, 4) is 17.0 Å². The number of methoxy groups -OCH3 is 1. The number of rotatable bonds is 5. The Kier molecular flexibility index (Phi) is 4.15. The molecular formula is C20H19N5O. The number of nitrogens with one attached hydrogen (secondary N) is 1. The molecule has 0 aliphatic carbocycles. The molecule has 6 nitrogen and oxygen atoms in total. The molecule has 2 heterocycles. The van der Waals surface area contributed by atoms with Crippen LogP contribution in [-0.4, -0.2) is 21.7 Å². The van der Waals surface area contributed by atoms with Crippen LogP contribution >= 0.6 is 0 Å². The van der Waals surface area contributed by atoms with Gasteiger partial charge in [0.15, 0.2) is 5.65 Å². The molecule has 0 fully saturated rings. The average molecular weight is 345 g/mol. The number of ether oxygens (including phenoxy) is 1. The van der Waals surface area contributed by atoms with Gasteiger partial charge in [-0.25, -0.2) is 9.50 Å². The molecule has 0 aliphatic rings. The average Bonchev–Trinajstić information content (AvgIpc) is 3.10. The van der Waals surface area contributed by atoms with Crippen LogP contribution in [0.5, 0.6) is 5.75 Å². The summed E-state index contributed by atoms with van der Waals surface area (Å²) in [4.78, 5) is 4.42. The molecule has 3 N–H and O–H groups in total. The molecule has 6 heteroatoms. The summed E-state index contributed by atoms with van der Waals surface area (Å²) in [7, 11) is 1.66. The fourth-order valence-corrected chi connectivity index (χ4v) is 2.75. The SMILES string of the molecule is COc1ccc(CNc2ccc3ncc(-c4ccc(N)cc4)n3n2)cc1. The Hall–Kier alpha value is -3.54. The van der Waals surface area contributed by atoms with Gasteiger partial charge in [-0.3, -0.25) is 0 Å². The van der Waals surface area contributed by atoms with Crippen molar-refractivity contribution in [2.75, 3.05) is 18.2 Å². The third-order valence-electron chi connectivity index (χ3n) is 4.20. The van der Waals surface area contributed by atoms with Gasteiger partial charge in [-0.15, -0.1) is 5.10 Å². The predicted octanol–water partition coefficient (Wildman–Crippen LogP) is 3.60. The van der Waals surface area contributed by atoms with Crippen molar-refractivity contribution >= 4 is 17.2 Å². The van der Waals surface area contributed by atoms with Crippen LogP contribution < -0.4 is 15.8 Å². The first-order valence-electron chi connectivity index (χ1n) is 8.30. The molecule has 130 valence electrons. The number of imidazole rings is 1. The number of fused-ring (bicyclic) bond motifs is 1. The maximum Gasteiger partial charge on any atom is 0.154 e. The fraction of sp³-hybridized carbons (Fsp3) is 0.100. The molecule has 0 amide bonds. The summed E-state index contributed by atoms with van der Waals surface area (Å²) >= 11 is 0. The Morgan fingerprint density at radius 2 is 1.77 bits per heavy atom. The predicted molar refractivity (Wildman–Crippen MR) is 103 cm³/mol. The highest BCUT2D eigenvalue weighted by Gasteiger charge is 2.08. The molecule has 0 aliphatic heterocycles. The van der Waals surface area contributed by atoms with E-state index in [1.807, 2.05) is 71.4 Å². The lowest BCUT2D eigenvalue weighted by atomic mass is 10.1. The van der Waals surface area contributed by atoms with E-state index in [1.165, 1.54) is 0 Å². The minimum absolute atomic E-state index is 0.675. The summed E-state index contributed by atoms with van der Waals surface area (Å²) < 4.78 is 7.02. The molecule has 0 saturated heterocycles. The second-order valence-electron chi connectivity index (χ2n) is 5.96. The van der Waals surface area contributed by atoms with E-state index in [-0.39, 0.29) is 0 Å². The molecule has 2 aromatic carbocycles. The second-order valence-corrected chi connectivity index (χ2v) is 5.96. The van der Waals surface area contributed by atoms with E-state index >= 15 is 0 Å². The molecule has 0 bridgehead atoms. The van der Waals surface area contributed by atoms with E-state index in [2.05, 4.69) is 15.4 Å². The summed E-state index contributed by atoms with van der Waals surface area (Å²) in [6.45, 7) is 0.675. The van der Waals surface area contributed by atoms with Crippen LogP contribution in [0.4, 0.5) is 11.5 Å². The van der Waals surface area contributed by atoms with Gasteiger partial charge in [-0.05, 0) is 42.0 Å². The Labute approximate surface area is 151 Å². The molecule has 0 unspecified atom stereocenters. The van der Waals surface area contributed by atoms with Gasteiger partial charge < -0.3 is 15.8 Å². The van der Waals surface area contributed by atoms with Crippen LogP contribution in [0, 0.1) is 0 Å². The Balaban J connectivity index is 1.58. The first kappa shape index (κ1) is 16.0. The normalized spacial score (nSPS) is 10.8. The molecular weight excluding hydrogens is 326 g/mol. The minimum Gasteiger partial charge on any atom is -0.497 e. The van der Waals surface area contributed by atoms with Gasteiger partial charge in [0.1, 0.15) is 11.6 Å². The van der Waals surface area contributed by atoms with Crippen molar-refractivity contribution in [3.05, 3.63) is 72.4 Å². The van der Waals surface area contributed by atoms with E-state index in [0.717, 1.165) is 39.7 Å². The highest BCUT2D eigenvalue weighted by molar-refractivity contribution is 5.65. The Morgan fingerprint density at radius 1 is 1.00 bits per heavy atom. The molecule has 0 radical (unpaired) electrons. The van der Waals surface area contributed by atoms with Gasteiger partial charge in [0.2, 0.25) is 0 Å². The number of anilines is 2. The monoisotopic (exact) mass is 345 g/mol. The van der Waals surface area contributed by atoms with E-state index in [0.29, 0.717) is 6.54 Å². The molecule has 2 aromatic heterocycles. The number of aromatic nitrogens is 3. The van der Waals surface area contributed by atoms with Gasteiger partial charge in [0, 0.05) is 17.8 Å². The molecule has 4 aromatic rings. The number of hydrogen-bond donors (Lipinski definition) is 2. The number of nitrogens with zero attached hydrogens (tertiary/aromatic N) is 3. The van der Waals surface area contributed by atoms with E-state index in [4.69, 9.17) is 10.5 Å². The van der Waals surface area contributed by atoms with Crippen molar-refractivity contribution in [1.82, 2.24) is 14.6 Å². The van der Waals surface area contributed by atoms with E-state index in [1.54, 1.807) is 7.11 Å². The van der Waals surface area contributed by atoms with Gasteiger partial charge in [0.05, 0.1) is 19.0 Å². The maximum absolute atomic E-state index is 5.77. The number of nitrogens with two attached hydrogens (primary N) is 1. The highest BCUT2D eigenvalue weighted by atomic mass is 16.5. The zero-order valence-corrected chi connectivity index (χ0v) is 14.4. The largest absolute Gasteiger partial charge is 0.497 e. The lowest BCUT2D eigenvalue weighted by Gasteiger charge is -2.08. The first-order valence-corrected chi connectivity index (χ1v) is 8.30. The first-order chi connectivity index (χ1) is 12.7. The Bertz CT molecular complexity index is 1020. The van der Waals surface area contributed by atoms with Crippen LogP contribution in [0.2, 0.25) is 0 Å². The van der Waals surface area contributed by atoms with Gasteiger partial charge in [-0.1, -0.05) is 24.3 Å². The van der Waals surface area contributed by atoms with Crippen LogP contribution in [0.1, 0.15) is 5.56 Å². The fourth-order valence-electron chi connectivity index (χ4n) is 2.75. The number of nitrogen functional groups attached to an aromatic ring is 1. The van der Waals surface area contributed by atoms with Crippen molar-refractivity contribution in [1.29, 1.82) is 0 Å². The van der Waals surface area contributed by atoms with Crippen molar-refractivity contribution < 1.29 is 4.74 Å². The molecule has 26 heavy (non-hydrogen) atoms. The summed E-state index contributed by atoms with van der Waals surface area (Å²) in [5.74, 6) is 1.63. The van der Waals surface area contributed by atoms with Crippen molar-refractivity contribution in [3.63, 3.8) is 0 Å². The van der Waals surface area contributed by atoms with E-state index < -0.39 is 0 Å². The van der Waals surface area contributed by atoms with Crippen LogP contribution in [0.3, 0.4) is 0 Å². The summed E-state index contributed by atoms with van der Waals surface area (Å²) in [5, 5.41) is 8.02. The van der Waals surface area contributed by atoms with Gasteiger partial charge >= 0.3 is 0 Å². The number of hydrogen-bond acceptors (Lipinski definition) is 5. The zero-order chi connectivity index (χ0) is 17.9. The van der Waals surface area contributed by atoms with Crippen LogP contribution in [0.25, 0.3) is 16.9 Å². The molecule has 0 saturated carbocycles. The lowest BCUT2D eigenvalue weighted by molar-refractivity contribution is 0.414. The summed E-state index contributed by atoms with van der Waals surface area (Å²) in [6, 6.07) is 19.5. The molecule has 4 rings (SSSR count). The third kappa shape index (κ3) is 3.17. The highest BCUT2D eigenvalue weighted by Crippen LogP contribution is 2.22. The maximum atomic E-state index is 5.77. The van der Waals surface area contributed by atoms with Crippen LogP contribution in [0.15, 0.2) is 66.9 Å². The van der Waals surface area contributed by atoms with Crippen molar-refractivity contribution in [2.45, 2.75) is 6.54 Å². The second kappa shape index (κ2) is 6.76. The number of benzene rings is 2. The lowest BCUT2D eigenvalue weighted by Crippen LogP contribution is -2.04. The molecule has 0 spiro atoms. The molecule has 0 atom stereocenters. The quantitative estimate of drug-likeness (QED) is 0.540. The Morgan fingerprint density at radius 3 is 2.50 bits per heavy atom. The van der Waals surface area contributed by atoms with Crippen LogP contribution in [-0.2, 0) is 6.54 Å². The van der Waals surface area contributed by atoms with Crippen molar-refractivity contribution in [2.24, 2.45) is 0 Å². The summed E-state index contributed by atoms with van der Waals surface area (Å²) in [6.07, 6.45) is 1.82. The minimum atomic E-state index is 0.675. The van der Waals surface area contributed by atoms with Gasteiger partial charge in [0.25, 0.3) is 0 Å². The van der Waals surface area contributed by atoms with Gasteiger partial charge in [-0.2, -0.15) is 0 Å². The summed E-state index contributed by atoms with van der Waals surface area (Å²) in [5.41, 5.74) is 10.4. The smallest absolute Gasteiger partial charge is 0.154 e. The zero-order valence-electron chi connectivity index (χ0n) is 14.4. The topological polar surface area (TPSA) is 77.5 Å². The van der Waals surface area contributed by atoms with E-state index in [9.17, 15) is 0 Å². The third-order valence-corrected chi connectivity index (χ3v) is 4.20.